The Morgan fingerprint density at radius 3 is 2.46 bits per heavy atom. The van der Waals surface area contributed by atoms with E-state index in [9.17, 15) is 10.1 Å². The second kappa shape index (κ2) is 7.61. The molecule has 2 heterocycles. The molecule has 0 aliphatic carbocycles. The van der Waals surface area contributed by atoms with E-state index < -0.39 is 4.92 Å². The lowest BCUT2D eigenvalue weighted by molar-refractivity contribution is -0.384. The van der Waals surface area contributed by atoms with Gasteiger partial charge in [-0.25, -0.2) is 0 Å². The number of nitro benzene ring substituents is 1. The van der Waals surface area contributed by atoms with Crippen LogP contribution in [0.15, 0.2) is 48.5 Å². The number of hydrogen-bond acceptors (Lipinski definition) is 8. The minimum atomic E-state index is -0.447. The summed E-state index contributed by atoms with van der Waals surface area (Å²) >= 11 is 1.39. The quantitative estimate of drug-likeness (QED) is 0.348. The Balaban J connectivity index is 1.45. The number of ether oxygens (including phenoxy) is 2. The molecule has 0 amide bonds. The van der Waals surface area contributed by atoms with Crippen molar-refractivity contribution >= 4 is 22.0 Å². The lowest BCUT2D eigenvalue weighted by Crippen LogP contribution is -2.00. The van der Waals surface area contributed by atoms with Crippen LogP contribution >= 0.6 is 11.3 Å². The maximum atomic E-state index is 10.7. The lowest BCUT2D eigenvalue weighted by atomic mass is 10.1. The van der Waals surface area contributed by atoms with Crippen LogP contribution in [0.25, 0.3) is 4.96 Å². The number of non-ortho nitro benzene ring substituents is 1. The number of methoxy groups -OCH3 is 1. The number of rotatable bonds is 7. The molecule has 0 unspecified atom stereocenters. The fourth-order valence-electron chi connectivity index (χ4n) is 2.60. The summed E-state index contributed by atoms with van der Waals surface area (Å²) in [7, 11) is 1.63. The minimum absolute atomic E-state index is 0.0225. The highest BCUT2D eigenvalue weighted by Gasteiger charge is 2.13. The highest BCUT2D eigenvalue weighted by Crippen LogP contribution is 2.21. The Bertz CT molecular complexity index is 1110. The van der Waals surface area contributed by atoms with Gasteiger partial charge in [0.05, 0.1) is 12.0 Å². The molecule has 0 spiro atoms. The van der Waals surface area contributed by atoms with E-state index in [4.69, 9.17) is 9.47 Å². The molecule has 0 N–H and O–H groups in total. The average Bonchev–Trinajstić information content (AvgIpc) is 3.29. The van der Waals surface area contributed by atoms with Gasteiger partial charge in [-0.05, 0) is 29.8 Å². The Labute approximate surface area is 163 Å². The van der Waals surface area contributed by atoms with Crippen molar-refractivity contribution in [3.8, 4) is 11.5 Å². The van der Waals surface area contributed by atoms with Crippen LogP contribution in [0.2, 0.25) is 0 Å². The molecule has 0 bridgehead atoms. The SMILES string of the molecule is COc1ccc(Cc2nnc3sc(COc4ccc([N+](=O)[O-])cc4)nn23)cc1. The Hall–Kier alpha value is -3.53. The van der Waals surface area contributed by atoms with Crippen LogP contribution < -0.4 is 9.47 Å². The number of fused-ring (bicyclic) bond motifs is 1. The Kier molecular flexibility index (Phi) is 4.85. The molecule has 4 aromatic rings. The maximum absolute atomic E-state index is 10.7. The summed E-state index contributed by atoms with van der Waals surface area (Å²) in [5.74, 6) is 2.07. The highest BCUT2D eigenvalue weighted by molar-refractivity contribution is 7.16. The molecular formula is C18H15N5O4S. The molecule has 0 saturated heterocycles. The van der Waals surface area contributed by atoms with Crippen LogP contribution in [-0.4, -0.2) is 31.8 Å². The number of hydrogen-bond donors (Lipinski definition) is 0. The third-order valence-corrected chi connectivity index (χ3v) is 4.90. The fraction of sp³-hybridized carbons (Fsp3) is 0.167. The van der Waals surface area contributed by atoms with Gasteiger partial charge in [0, 0.05) is 18.6 Å². The van der Waals surface area contributed by atoms with Gasteiger partial charge < -0.3 is 9.47 Å². The molecule has 2 aromatic carbocycles. The van der Waals surface area contributed by atoms with Gasteiger partial charge in [0.2, 0.25) is 4.96 Å². The molecule has 2 aromatic heterocycles. The molecule has 28 heavy (non-hydrogen) atoms. The van der Waals surface area contributed by atoms with Crippen molar-refractivity contribution in [2.75, 3.05) is 7.11 Å². The van der Waals surface area contributed by atoms with Crippen LogP contribution in [0.3, 0.4) is 0 Å². The van der Waals surface area contributed by atoms with E-state index >= 15 is 0 Å². The van der Waals surface area contributed by atoms with E-state index in [1.165, 1.54) is 23.5 Å². The van der Waals surface area contributed by atoms with Crippen LogP contribution in [0, 0.1) is 10.1 Å². The van der Waals surface area contributed by atoms with E-state index in [0.29, 0.717) is 17.1 Å². The largest absolute Gasteiger partial charge is 0.497 e. The molecule has 0 aliphatic rings. The van der Waals surface area contributed by atoms with E-state index in [-0.39, 0.29) is 12.3 Å². The van der Waals surface area contributed by atoms with Crippen LogP contribution in [0.1, 0.15) is 16.4 Å². The summed E-state index contributed by atoms with van der Waals surface area (Å²) in [4.78, 5) is 10.9. The minimum Gasteiger partial charge on any atom is -0.497 e. The van der Waals surface area contributed by atoms with E-state index in [0.717, 1.165) is 22.1 Å². The molecule has 4 rings (SSSR count). The standard InChI is InChI=1S/C18H15N5O4S/c1-26-14-6-2-12(3-7-14)10-16-19-20-18-22(16)21-17(28-18)11-27-15-8-4-13(5-9-15)23(24)25/h2-9H,10-11H2,1H3. The van der Waals surface area contributed by atoms with Gasteiger partial charge in [0.25, 0.3) is 5.69 Å². The first-order valence-corrected chi connectivity index (χ1v) is 9.14. The van der Waals surface area contributed by atoms with Gasteiger partial charge in [-0.3, -0.25) is 10.1 Å². The molecule has 0 saturated carbocycles. The van der Waals surface area contributed by atoms with Gasteiger partial charge in [-0.15, -0.1) is 10.2 Å². The summed E-state index contributed by atoms with van der Waals surface area (Å²) in [6.07, 6.45) is 0.595. The molecule has 10 heteroatoms. The predicted molar refractivity (Wildman–Crippen MR) is 102 cm³/mol. The first-order chi connectivity index (χ1) is 13.6. The van der Waals surface area contributed by atoms with Crippen molar-refractivity contribution in [3.63, 3.8) is 0 Å². The average molecular weight is 397 g/mol. The predicted octanol–water partition coefficient (Wildman–Crippen LogP) is 3.27. The molecule has 0 fully saturated rings. The van der Waals surface area contributed by atoms with Crippen molar-refractivity contribution in [3.05, 3.63) is 75.0 Å². The van der Waals surface area contributed by atoms with Crippen molar-refractivity contribution < 1.29 is 14.4 Å². The maximum Gasteiger partial charge on any atom is 0.269 e. The summed E-state index contributed by atoms with van der Waals surface area (Å²) in [5, 5.41) is 24.3. The van der Waals surface area contributed by atoms with Gasteiger partial charge >= 0.3 is 0 Å². The molecule has 142 valence electrons. The van der Waals surface area contributed by atoms with Gasteiger partial charge in [-0.1, -0.05) is 23.5 Å². The first kappa shape index (κ1) is 17.9. The van der Waals surface area contributed by atoms with Crippen molar-refractivity contribution in [1.82, 2.24) is 19.8 Å². The Morgan fingerprint density at radius 1 is 1.07 bits per heavy atom. The number of nitrogens with zero attached hydrogens (tertiary/aromatic N) is 5. The van der Waals surface area contributed by atoms with Gasteiger partial charge in [0.15, 0.2) is 10.8 Å². The normalized spacial score (nSPS) is 10.9. The molecule has 0 aliphatic heterocycles. The third-order valence-electron chi connectivity index (χ3n) is 4.03. The fourth-order valence-corrected chi connectivity index (χ4v) is 3.37. The zero-order valence-corrected chi connectivity index (χ0v) is 15.6. The summed E-state index contributed by atoms with van der Waals surface area (Å²) in [6, 6.07) is 13.7. The molecule has 9 nitrogen and oxygen atoms in total. The monoisotopic (exact) mass is 397 g/mol. The van der Waals surface area contributed by atoms with Gasteiger partial charge in [-0.2, -0.15) is 9.61 Å². The number of aromatic nitrogens is 4. The van der Waals surface area contributed by atoms with Crippen LogP contribution in [-0.2, 0) is 13.0 Å². The van der Waals surface area contributed by atoms with Gasteiger partial charge in [0.1, 0.15) is 18.1 Å². The number of benzene rings is 2. The molecule has 0 atom stereocenters. The topological polar surface area (TPSA) is 105 Å². The summed E-state index contributed by atoms with van der Waals surface area (Å²) in [6.45, 7) is 0.244. The molecule has 0 radical (unpaired) electrons. The zero-order chi connectivity index (χ0) is 19.5. The highest BCUT2D eigenvalue weighted by atomic mass is 32.1. The smallest absolute Gasteiger partial charge is 0.269 e. The van der Waals surface area contributed by atoms with Crippen molar-refractivity contribution in [2.45, 2.75) is 13.0 Å². The van der Waals surface area contributed by atoms with Crippen LogP contribution in [0.5, 0.6) is 11.5 Å². The van der Waals surface area contributed by atoms with E-state index in [1.54, 1.807) is 23.8 Å². The summed E-state index contributed by atoms with van der Waals surface area (Å²) in [5.41, 5.74) is 1.10. The van der Waals surface area contributed by atoms with E-state index in [2.05, 4.69) is 15.3 Å². The third kappa shape index (κ3) is 3.76. The zero-order valence-electron chi connectivity index (χ0n) is 14.8. The molecular weight excluding hydrogens is 382 g/mol. The number of nitro groups is 1. The van der Waals surface area contributed by atoms with Crippen LogP contribution in [0.4, 0.5) is 5.69 Å². The summed E-state index contributed by atoms with van der Waals surface area (Å²) < 4.78 is 12.5. The van der Waals surface area contributed by atoms with E-state index in [1.807, 2.05) is 24.3 Å². The van der Waals surface area contributed by atoms with Crippen molar-refractivity contribution in [1.29, 1.82) is 0 Å². The lowest BCUT2D eigenvalue weighted by Gasteiger charge is -2.03. The first-order valence-electron chi connectivity index (χ1n) is 8.32. The van der Waals surface area contributed by atoms with Crippen molar-refractivity contribution in [2.24, 2.45) is 0 Å². The second-order valence-electron chi connectivity index (χ2n) is 5.87. The second-order valence-corrected chi connectivity index (χ2v) is 6.91. The Morgan fingerprint density at radius 2 is 1.79 bits per heavy atom.